The van der Waals surface area contributed by atoms with Crippen molar-refractivity contribution in [2.45, 2.75) is 0 Å². The first kappa shape index (κ1) is 81.0. The largest absolute Gasteiger partial charge is 0 e. The van der Waals surface area contributed by atoms with Crippen molar-refractivity contribution in [2.75, 3.05) is 0 Å². The number of rotatable bonds is 0. The summed E-state index contributed by atoms with van der Waals surface area (Å²) in [4.78, 5) is 0. The van der Waals surface area contributed by atoms with Gasteiger partial charge in [-0.3, -0.25) is 0 Å². The van der Waals surface area contributed by atoms with Crippen LogP contribution in [0.1, 0.15) is 0 Å². The third-order valence-corrected chi connectivity index (χ3v) is 0. The van der Waals surface area contributed by atoms with Gasteiger partial charge in [0.25, 0.3) is 0 Å². The molecule has 0 saturated carbocycles. The molecule has 0 saturated heterocycles. The van der Waals surface area contributed by atoms with Crippen LogP contribution in [-0.2, 0) is 52.1 Å². The monoisotopic (exact) mass is 180 g/mol. The smallest absolute Gasteiger partial charge is 0 e. The summed E-state index contributed by atoms with van der Waals surface area (Å²) in [7, 11) is 0. The molecule has 0 aliphatic carbocycles. The van der Waals surface area contributed by atoms with Crippen molar-refractivity contribution < 1.29 is 52.1 Å². The molecule has 8 radical (unpaired) electrons. The predicted octanol–water partition coefficient (Wildman–Crippen LogP) is 0.155. The third-order valence-electron chi connectivity index (χ3n) is 0. The maximum atomic E-state index is 0. The van der Waals surface area contributed by atoms with Crippen LogP contribution >= 0.6 is 0 Å². The second-order valence-corrected chi connectivity index (χ2v) is 0. The first-order valence-corrected chi connectivity index (χ1v) is 0. The zero-order valence-corrected chi connectivity index (χ0v) is 6.05. The summed E-state index contributed by atoms with van der Waals surface area (Å²) in [6.07, 6.45) is 0. The Morgan fingerprint density at radius 2 is 0.400 bits per heavy atom. The van der Waals surface area contributed by atoms with Gasteiger partial charge >= 0.3 is 0 Å². The van der Waals surface area contributed by atoms with Gasteiger partial charge in [0.15, 0.2) is 0 Å². The van der Waals surface area contributed by atoms with E-state index < -0.39 is 0 Å². The third kappa shape index (κ3) is 28.4. The van der Waals surface area contributed by atoms with Gasteiger partial charge in [-0.25, -0.2) is 0 Å². The molecule has 26 valence electrons. The molecule has 0 aliphatic heterocycles. The van der Waals surface area contributed by atoms with Crippen molar-refractivity contribution in [3.8, 4) is 0 Å². The van der Waals surface area contributed by atoms with Crippen molar-refractivity contribution in [3.63, 3.8) is 0 Å². The molecule has 0 nitrogen and oxygen atoms in total. The maximum absolute atomic E-state index is 0. The van der Waals surface area contributed by atoms with E-state index in [1.165, 1.54) is 0 Å². The average molecular weight is 180 g/mol. The summed E-state index contributed by atoms with van der Waals surface area (Å²) in [5.41, 5.74) is 0. The Labute approximate surface area is 66.7 Å². The Hall–Kier alpha value is 1.60. The summed E-state index contributed by atoms with van der Waals surface area (Å²) in [5.74, 6) is 0. The topological polar surface area (TPSA) is 0 Å². The summed E-state index contributed by atoms with van der Waals surface area (Å²) in [6.45, 7) is 0. The van der Waals surface area contributed by atoms with Gasteiger partial charge in [-0.15, -0.1) is 0 Å². The van der Waals surface area contributed by atoms with E-state index in [4.69, 9.17) is 0 Å². The van der Waals surface area contributed by atoms with Crippen LogP contribution in [0.3, 0.4) is 0 Å². The van der Waals surface area contributed by atoms with Crippen LogP contribution in [0.4, 0.5) is 0 Å². The van der Waals surface area contributed by atoms with Gasteiger partial charge in [-0.05, 0) is 0 Å². The standard InChI is InChI=1S/2C.3Cr. The van der Waals surface area contributed by atoms with Crippen molar-refractivity contribution in [3.05, 3.63) is 14.9 Å². The molecule has 0 spiro atoms. The van der Waals surface area contributed by atoms with Crippen molar-refractivity contribution in [1.29, 1.82) is 0 Å². The van der Waals surface area contributed by atoms with Crippen LogP contribution < -0.4 is 0 Å². The van der Waals surface area contributed by atoms with Crippen molar-refractivity contribution in [1.82, 2.24) is 0 Å². The molecule has 0 amide bonds. The Morgan fingerprint density at radius 1 is 0.400 bits per heavy atom. The molecule has 0 fully saturated rings. The van der Waals surface area contributed by atoms with E-state index in [0.29, 0.717) is 0 Å². The van der Waals surface area contributed by atoms with Crippen molar-refractivity contribution in [2.24, 2.45) is 0 Å². The Bertz CT molecular complexity index is 4.85. The average Bonchev–Trinajstić information content (AvgIpc) is 0. The van der Waals surface area contributed by atoms with Gasteiger partial charge in [-0.1, -0.05) is 0 Å². The van der Waals surface area contributed by atoms with E-state index >= 15 is 0 Å². The normalized spacial score (nSPS) is 0. The molecule has 0 atom stereocenters. The molecule has 3 heteroatoms. The Morgan fingerprint density at radius 3 is 0.400 bits per heavy atom. The van der Waals surface area contributed by atoms with E-state index in [1.807, 2.05) is 0 Å². The fourth-order valence-electron chi connectivity index (χ4n) is 0. The minimum absolute atomic E-state index is 0. The van der Waals surface area contributed by atoms with Gasteiger partial charge in [0, 0.05) is 66.9 Å². The first-order valence-electron chi connectivity index (χ1n) is 0. The number of hydrogen-bond acceptors (Lipinski definition) is 0. The molecule has 0 bridgehead atoms. The fourth-order valence-corrected chi connectivity index (χ4v) is 0. The molecule has 0 aromatic carbocycles. The Kier molecular flexibility index (Phi) is 751. The molecule has 5 heavy (non-hydrogen) atoms. The SMILES string of the molecule is [C].[C].[Cr].[Cr].[Cr]. The summed E-state index contributed by atoms with van der Waals surface area (Å²) in [6, 6.07) is 0. The molecular weight excluding hydrogens is 180 g/mol. The minimum atomic E-state index is 0. The maximum Gasteiger partial charge on any atom is 0 e. The van der Waals surface area contributed by atoms with Crippen LogP contribution in [0.25, 0.3) is 0 Å². The van der Waals surface area contributed by atoms with Crippen LogP contribution in [0, 0.1) is 14.9 Å². The van der Waals surface area contributed by atoms with Gasteiger partial charge in [0.2, 0.25) is 0 Å². The Balaban J connectivity index is 0. The second kappa shape index (κ2) is 46.4. The zero-order chi connectivity index (χ0) is 0. The van der Waals surface area contributed by atoms with Crippen LogP contribution in [0.15, 0.2) is 0 Å². The molecule has 0 aromatic heterocycles. The first-order chi connectivity index (χ1) is 0. The molecule has 0 N–H and O–H groups in total. The predicted molar refractivity (Wildman–Crippen MR) is 6.49 cm³/mol. The van der Waals surface area contributed by atoms with E-state index in [-0.39, 0.29) is 66.9 Å². The summed E-state index contributed by atoms with van der Waals surface area (Å²) >= 11 is 0. The van der Waals surface area contributed by atoms with Crippen LogP contribution in [-0.4, -0.2) is 0 Å². The molecule has 0 rings (SSSR count). The van der Waals surface area contributed by atoms with Gasteiger partial charge in [-0.2, -0.15) is 0 Å². The quantitative estimate of drug-likeness (QED) is 0.498. The number of hydrogen-bond donors (Lipinski definition) is 0. The van der Waals surface area contributed by atoms with Gasteiger partial charge in [0.1, 0.15) is 0 Å². The minimum Gasteiger partial charge on any atom is 0 e. The molecule has 0 unspecified atom stereocenters. The molecule has 0 aliphatic rings. The molecule has 0 aromatic rings. The van der Waals surface area contributed by atoms with Crippen molar-refractivity contribution >= 4 is 0 Å². The zero-order valence-electron chi connectivity index (χ0n) is 2.22. The summed E-state index contributed by atoms with van der Waals surface area (Å²) < 4.78 is 0. The van der Waals surface area contributed by atoms with Gasteiger partial charge in [0.05, 0.1) is 0 Å². The van der Waals surface area contributed by atoms with Crippen LogP contribution in [0.5, 0.6) is 0 Å². The fraction of sp³-hybridized carbons (Fsp3) is 0. The van der Waals surface area contributed by atoms with Crippen LogP contribution in [0.2, 0.25) is 0 Å². The van der Waals surface area contributed by atoms with E-state index in [2.05, 4.69) is 0 Å². The van der Waals surface area contributed by atoms with E-state index in [1.54, 1.807) is 0 Å². The second-order valence-electron chi connectivity index (χ2n) is 0. The molecule has 0 heterocycles. The van der Waals surface area contributed by atoms with E-state index in [0.717, 1.165) is 0 Å². The molecular formula is C2Cr3. The van der Waals surface area contributed by atoms with E-state index in [9.17, 15) is 0 Å². The summed E-state index contributed by atoms with van der Waals surface area (Å²) in [5, 5.41) is 0. The van der Waals surface area contributed by atoms with Gasteiger partial charge < -0.3 is 0 Å².